The molecular formula is C20H17ClF3N3O5S2. The van der Waals surface area contributed by atoms with Crippen molar-refractivity contribution in [3.8, 4) is 22.8 Å². The van der Waals surface area contributed by atoms with Gasteiger partial charge < -0.3 is 15.2 Å². The number of halogens is 4. The van der Waals surface area contributed by atoms with Gasteiger partial charge in [0.25, 0.3) is 5.91 Å². The minimum absolute atomic E-state index is 0.0583. The smallest absolute Gasteiger partial charge is 0.506 e. The van der Waals surface area contributed by atoms with Gasteiger partial charge in [0.05, 0.1) is 17.1 Å². The van der Waals surface area contributed by atoms with Crippen LogP contribution in [-0.4, -0.2) is 42.4 Å². The molecule has 0 aliphatic rings. The Morgan fingerprint density at radius 2 is 1.88 bits per heavy atom. The summed E-state index contributed by atoms with van der Waals surface area (Å²) in [4.78, 5) is 16.8. The van der Waals surface area contributed by atoms with E-state index in [0.717, 1.165) is 23.5 Å². The molecule has 3 aromatic rings. The van der Waals surface area contributed by atoms with Crippen LogP contribution in [0.5, 0.6) is 11.5 Å². The van der Waals surface area contributed by atoms with Crippen LogP contribution in [-0.2, 0) is 10.0 Å². The van der Waals surface area contributed by atoms with Crippen LogP contribution >= 0.6 is 22.9 Å². The fraction of sp³-hybridized carbons (Fsp3) is 0.200. The number of rotatable bonds is 9. The zero-order valence-corrected chi connectivity index (χ0v) is 19.5. The molecule has 0 spiro atoms. The van der Waals surface area contributed by atoms with E-state index >= 15 is 0 Å². The van der Waals surface area contributed by atoms with Crippen molar-refractivity contribution in [2.45, 2.75) is 12.8 Å². The lowest BCUT2D eigenvalue weighted by Gasteiger charge is -2.11. The topological polar surface area (TPSA) is 118 Å². The normalized spacial score (nSPS) is 11.8. The largest absolute Gasteiger partial charge is 0.573 e. The number of amides is 1. The summed E-state index contributed by atoms with van der Waals surface area (Å²) < 4.78 is 67.0. The van der Waals surface area contributed by atoms with Crippen molar-refractivity contribution in [2.24, 2.45) is 0 Å². The average molecular weight is 536 g/mol. The SMILES string of the molecule is O=C(Nc1ccc(O)c(NS(=O)(=O)CCCCl)c1)c1nc(-c2ccc(OC(F)(F)F)cc2)cs1. The third-order valence-corrected chi connectivity index (χ3v) is 6.61. The van der Waals surface area contributed by atoms with E-state index in [9.17, 15) is 31.5 Å². The van der Waals surface area contributed by atoms with Crippen LogP contribution in [0.4, 0.5) is 24.5 Å². The summed E-state index contributed by atoms with van der Waals surface area (Å²) >= 11 is 6.52. The molecule has 0 aliphatic carbocycles. The molecule has 0 unspecified atom stereocenters. The zero-order chi connectivity index (χ0) is 24.9. The predicted octanol–water partition coefficient (Wildman–Crippen LogP) is 5.04. The first-order valence-electron chi connectivity index (χ1n) is 9.48. The van der Waals surface area contributed by atoms with Crippen LogP contribution < -0.4 is 14.8 Å². The molecule has 0 fully saturated rings. The lowest BCUT2D eigenvalue weighted by Crippen LogP contribution is -2.17. The number of alkyl halides is 4. The van der Waals surface area contributed by atoms with Crippen molar-refractivity contribution in [3.05, 3.63) is 52.9 Å². The van der Waals surface area contributed by atoms with Crippen molar-refractivity contribution < 1.29 is 36.2 Å². The van der Waals surface area contributed by atoms with Gasteiger partial charge in [-0.15, -0.1) is 36.1 Å². The fourth-order valence-electron chi connectivity index (χ4n) is 2.68. The van der Waals surface area contributed by atoms with E-state index in [1.807, 2.05) is 0 Å². The molecule has 182 valence electrons. The lowest BCUT2D eigenvalue weighted by molar-refractivity contribution is -0.274. The maximum Gasteiger partial charge on any atom is 0.573 e. The number of carbonyl (C=O) groups is 1. The number of benzene rings is 2. The maximum absolute atomic E-state index is 12.6. The number of phenols is 1. The third kappa shape index (κ3) is 7.23. The Labute approximate surface area is 201 Å². The molecule has 3 rings (SSSR count). The first kappa shape index (κ1) is 25.6. The molecule has 34 heavy (non-hydrogen) atoms. The number of hydrogen-bond donors (Lipinski definition) is 3. The second kappa shape index (κ2) is 10.5. The molecule has 8 nitrogen and oxygen atoms in total. The number of anilines is 2. The predicted molar refractivity (Wildman–Crippen MR) is 123 cm³/mol. The Balaban J connectivity index is 1.70. The Kier molecular flexibility index (Phi) is 7.89. The van der Waals surface area contributed by atoms with Gasteiger partial charge in [-0.1, -0.05) is 0 Å². The second-order valence-corrected chi connectivity index (χ2v) is 9.84. The minimum atomic E-state index is -4.80. The number of aromatic nitrogens is 1. The number of thiazole rings is 1. The Morgan fingerprint density at radius 1 is 1.18 bits per heavy atom. The minimum Gasteiger partial charge on any atom is -0.506 e. The van der Waals surface area contributed by atoms with Gasteiger partial charge in [-0.05, 0) is 48.9 Å². The van der Waals surface area contributed by atoms with Crippen LogP contribution in [0, 0.1) is 0 Å². The summed E-state index contributed by atoms with van der Waals surface area (Å²) in [5, 5.41) is 14.1. The molecule has 0 saturated carbocycles. The zero-order valence-electron chi connectivity index (χ0n) is 17.1. The Morgan fingerprint density at radius 3 is 2.53 bits per heavy atom. The summed E-state index contributed by atoms with van der Waals surface area (Å²) in [5.74, 6) is -1.40. The van der Waals surface area contributed by atoms with Gasteiger partial charge in [0.1, 0.15) is 11.5 Å². The number of hydrogen-bond acceptors (Lipinski definition) is 7. The van der Waals surface area contributed by atoms with Crippen molar-refractivity contribution in [2.75, 3.05) is 21.7 Å². The Bertz CT molecular complexity index is 1270. The maximum atomic E-state index is 12.6. The van der Waals surface area contributed by atoms with E-state index in [0.29, 0.717) is 11.3 Å². The molecule has 1 heterocycles. The first-order valence-corrected chi connectivity index (χ1v) is 12.5. The highest BCUT2D eigenvalue weighted by molar-refractivity contribution is 7.92. The van der Waals surface area contributed by atoms with Crippen LogP contribution in [0.25, 0.3) is 11.3 Å². The third-order valence-electron chi connectivity index (χ3n) is 4.15. The van der Waals surface area contributed by atoms with Gasteiger partial charge in [0, 0.05) is 22.5 Å². The van der Waals surface area contributed by atoms with E-state index in [1.165, 1.54) is 30.3 Å². The van der Waals surface area contributed by atoms with Crippen molar-refractivity contribution in [3.63, 3.8) is 0 Å². The van der Waals surface area contributed by atoms with Crippen LogP contribution in [0.1, 0.15) is 16.2 Å². The number of ether oxygens (including phenoxy) is 1. The quantitative estimate of drug-likeness (QED) is 0.201. The van der Waals surface area contributed by atoms with Crippen molar-refractivity contribution in [1.29, 1.82) is 0 Å². The molecule has 2 aromatic carbocycles. The van der Waals surface area contributed by atoms with Crippen LogP contribution in [0.15, 0.2) is 47.8 Å². The number of sulfonamides is 1. The monoisotopic (exact) mass is 535 g/mol. The van der Waals surface area contributed by atoms with Crippen LogP contribution in [0.3, 0.4) is 0 Å². The molecule has 0 saturated heterocycles. The molecule has 0 radical (unpaired) electrons. The van der Waals surface area contributed by atoms with E-state index in [1.54, 1.807) is 5.38 Å². The molecule has 14 heteroatoms. The number of nitrogens with zero attached hydrogens (tertiary/aromatic N) is 1. The van der Waals surface area contributed by atoms with Gasteiger partial charge in [0.2, 0.25) is 10.0 Å². The van der Waals surface area contributed by atoms with E-state index in [4.69, 9.17) is 11.6 Å². The fourth-order valence-corrected chi connectivity index (χ4v) is 4.82. The van der Waals surface area contributed by atoms with Gasteiger partial charge in [-0.25, -0.2) is 13.4 Å². The number of nitrogens with one attached hydrogen (secondary N) is 2. The molecule has 0 bridgehead atoms. The van der Waals surface area contributed by atoms with Crippen LogP contribution in [0.2, 0.25) is 0 Å². The standard InChI is InChI=1S/C20H17ClF3N3O5S2/c21-8-1-9-34(30,31)27-15-10-13(4-7-17(15)28)25-18(29)19-26-16(11-33-19)12-2-5-14(6-3-12)32-20(22,23)24/h2-7,10-11,27-28H,1,8-9H2,(H,25,29). The van der Waals surface area contributed by atoms with Gasteiger partial charge in [-0.3, -0.25) is 9.52 Å². The van der Waals surface area contributed by atoms with Gasteiger partial charge >= 0.3 is 6.36 Å². The number of aromatic hydroxyl groups is 1. The summed E-state index contributed by atoms with van der Waals surface area (Å²) in [5.41, 5.74) is 0.923. The summed E-state index contributed by atoms with van der Waals surface area (Å²) in [7, 11) is -3.75. The lowest BCUT2D eigenvalue weighted by atomic mass is 10.2. The van der Waals surface area contributed by atoms with Gasteiger partial charge in [0.15, 0.2) is 5.01 Å². The second-order valence-electron chi connectivity index (χ2n) is 6.76. The summed E-state index contributed by atoms with van der Waals surface area (Å²) in [6, 6.07) is 8.85. The van der Waals surface area contributed by atoms with Crippen molar-refractivity contribution in [1.82, 2.24) is 4.98 Å². The molecule has 3 N–H and O–H groups in total. The molecule has 1 amide bonds. The van der Waals surface area contributed by atoms with Crippen molar-refractivity contribution >= 4 is 50.2 Å². The summed E-state index contributed by atoms with van der Waals surface area (Å²) in [6.45, 7) is 0. The molecule has 0 aliphatic heterocycles. The van der Waals surface area contributed by atoms with E-state index in [-0.39, 0.29) is 45.9 Å². The van der Waals surface area contributed by atoms with E-state index < -0.39 is 22.3 Å². The Hall–Kier alpha value is -3.03. The molecule has 1 aromatic heterocycles. The first-order chi connectivity index (χ1) is 16.0. The summed E-state index contributed by atoms with van der Waals surface area (Å²) in [6.07, 6.45) is -4.58. The molecule has 0 atom stereocenters. The van der Waals surface area contributed by atoms with E-state index in [2.05, 4.69) is 19.8 Å². The highest BCUT2D eigenvalue weighted by Gasteiger charge is 2.31. The number of phenolic OH excluding ortho intramolecular Hbond substituents is 1. The average Bonchev–Trinajstić information content (AvgIpc) is 3.24. The van der Waals surface area contributed by atoms with Gasteiger partial charge in [-0.2, -0.15) is 0 Å². The highest BCUT2D eigenvalue weighted by Crippen LogP contribution is 2.30. The number of carbonyl (C=O) groups excluding carboxylic acids is 1. The highest BCUT2D eigenvalue weighted by atomic mass is 35.5. The molecular weight excluding hydrogens is 519 g/mol.